The van der Waals surface area contributed by atoms with Crippen LogP contribution in [0.15, 0.2) is 30.3 Å². The molecule has 0 aliphatic rings. The Balaban J connectivity index is 1.98. The second-order valence-electron chi connectivity index (χ2n) is 5.65. The Bertz CT molecular complexity index is 918. The van der Waals surface area contributed by atoms with E-state index in [1.165, 1.54) is 12.1 Å². The van der Waals surface area contributed by atoms with Crippen LogP contribution in [0.3, 0.4) is 0 Å². The van der Waals surface area contributed by atoms with Crippen LogP contribution in [0.25, 0.3) is 0 Å². The number of carboxylic acid groups (broad SMARTS) is 1. The second kappa shape index (κ2) is 9.03. The van der Waals surface area contributed by atoms with Gasteiger partial charge in [0.2, 0.25) is 0 Å². The van der Waals surface area contributed by atoms with Crippen molar-refractivity contribution in [3.05, 3.63) is 57.1 Å². The topological polar surface area (TPSA) is 87.7 Å². The molecule has 9 heteroatoms. The van der Waals surface area contributed by atoms with Gasteiger partial charge < -0.3 is 15.2 Å². The van der Waals surface area contributed by atoms with Crippen LogP contribution in [0.4, 0.5) is 5.69 Å². The third kappa shape index (κ3) is 5.82. The third-order valence-electron chi connectivity index (χ3n) is 3.63. The van der Waals surface area contributed by atoms with Gasteiger partial charge in [-0.1, -0.05) is 29.3 Å². The summed E-state index contributed by atoms with van der Waals surface area (Å²) < 4.78 is 5.42. The highest BCUT2D eigenvalue weighted by Crippen LogP contribution is 2.30. The number of ether oxygens (including phenoxy) is 1. The molecule has 2 aromatic carbocycles. The van der Waals surface area contributed by atoms with Gasteiger partial charge in [-0.05, 0) is 61.5 Å². The molecule has 0 spiro atoms. The highest BCUT2D eigenvalue weighted by molar-refractivity contribution is 7.80. The SMILES string of the molecule is Cc1ccc(OCC(=O)NC(=S)Nc2c(Cl)cc(Cl)cc2C(=O)O)cc1C. The van der Waals surface area contributed by atoms with E-state index in [9.17, 15) is 14.7 Å². The number of amides is 1. The van der Waals surface area contributed by atoms with Gasteiger partial charge in [-0.25, -0.2) is 4.79 Å². The highest BCUT2D eigenvalue weighted by Gasteiger charge is 2.17. The Hall–Kier alpha value is -2.35. The van der Waals surface area contributed by atoms with Crippen molar-refractivity contribution >= 4 is 58.1 Å². The van der Waals surface area contributed by atoms with Gasteiger partial charge in [0, 0.05) is 5.02 Å². The van der Waals surface area contributed by atoms with Crippen LogP contribution in [0, 0.1) is 13.8 Å². The minimum absolute atomic E-state index is 0.0361. The molecule has 3 N–H and O–H groups in total. The first-order valence-electron chi connectivity index (χ1n) is 7.70. The largest absolute Gasteiger partial charge is 0.484 e. The van der Waals surface area contributed by atoms with Gasteiger partial charge in [0.15, 0.2) is 11.7 Å². The zero-order valence-electron chi connectivity index (χ0n) is 14.4. The standard InChI is InChI=1S/C18H16Cl2N2O4S/c1-9-3-4-12(5-10(9)2)26-8-15(23)21-18(27)22-16-13(17(24)25)6-11(19)7-14(16)20/h3-7H,8H2,1-2H3,(H,24,25)(H2,21,22,23,27). The van der Waals surface area contributed by atoms with E-state index in [-0.39, 0.29) is 33.0 Å². The van der Waals surface area contributed by atoms with Crippen molar-refractivity contribution in [1.82, 2.24) is 5.32 Å². The van der Waals surface area contributed by atoms with Gasteiger partial charge in [-0.15, -0.1) is 0 Å². The molecule has 0 unspecified atom stereocenters. The van der Waals surface area contributed by atoms with E-state index in [2.05, 4.69) is 10.6 Å². The van der Waals surface area contributed by atoms with Crippen LogP contribution in [0.1, 0.15) is 21.5 Å². The number of nitrogens with one attached hydrogen (secondary N) is 2. The fraction of sp³-hybridized carbons (Fsp3) is 0.167. The van der Waals surface area contributed by atoms with Crippen LogP contribution in [-0.4, -0.2) is 28.7 Å². The Labute approximate surface area is 171 Å². The number of hydrogen-bond acceptors (Lipinski definition) is 4. The predicted octanol–water partition coefficient (Wildman–Crippen LogP) is 4.20. The third-order valence-corrected chi connectivity index (χ3v) is 4.35. The van der Waals surface area contributed by atoms with Crippen LogP contribution >= 0.6 is 35.4 Å². The first-order chi connectivity index (χ1) is 12.7. The fourth-order valence-electron chi connectivity index (χ4n) is 2.13. The van der Waals surface area contributed by atoms with Gasteiger partial charge in [0.1, 0.15) is 5.75 Å². The van der Waals surface area contributed by atoms with Crippen LogP contribution in [0.5, 0.6) is 5.75 Å². The van der Waals surface area contributed by atoms with E-state index in [1.807, 2.05) is 26.0 Å². The number of rotatable bonds is 5. The lowest BCUT2D eigenvalue weighted by atomic mass is 10.1. The number of hydrogen-bond donors (Lipinski definition) is 3. The summed E-state index contributed by atoms with van der Waals surface area (Å²) in [5, 5.41) is 14.4. The number of carbonyl (C=O) groups excluding carboxylic acids is 1. The van der Waals surface area contributed by atoms with Crippen LogP contribution in [-0.2, 0) is 4.79 Å². The monoisotopic (exact) mass is 426 g/mol. The summed E-state index contributed by atoms with van der Waals surface area (Å²) >= 11 is 16.9. The van der Waals surface area contributed by atoms with Crippen molar-refractivity contribution < 1.29 is 19.4 Å². The van der Waals surface area contributed by atoms with Gasteiger partial charge >= 0.3 is 5.97 Å². The van der Waals surface area contributed by atoms with E-state index in [0.29, 0.717) is 5.75 Å². The predicted molar refractivity (Wildman–Crippen MR) is 109 cm³/mol. The average molecular weight is 427 g/mol. The summed E-state index contributed by atoms with van der Waals surface area (Å²) in [6.07, 6.45) is 0. The summed E-state index contributed by atoms with van der Waals surface area (Å²) in [7, 11) is 0. The number of carboxylic acids is 1. The molecule has 6 nitrogen and oxygen atoms in total. The molecule has 0 saturated heterocycles. The van der Waals surface area contributed by atoms with Crippen molar-refractivity contribution in [2.45, 2.75) is 13.8 Å². The minimum Gasteiger partial charge on any atom is -0.484 e. The van der Waals surface area contributed by atoms with Crippen molar-refractivity contribution in [2.75, 3.05) is 11.9 Å². The zero-order valence-corrected chi connectivity index (χ0v) is 16.8. The molecule has 1 amide bonds. The van der Waals surface area contributed by atoms with Gasteiger partial charge in [0.25, 0.3) is 5.91 Å². The highest BCUT2D eigenvalue weighted by atomic mass is 35.5. The molecular weight excluding hydrogens is 411 g/mol. The normalized spacial score (nSPS) is 10.2. The molecule has 0 aromatic heterocycles. The molecule has 142 valence electrons. The number of aromatic carboxylic acids is 1. The maximum Gasteiger partial charge on any atom is 0.337 e. The summed E-state index contributed by atoms with van der Waals surface area (Å²) in [6.45, 7) is 3.66. The number of thiocarbonyl (C=S) groups is 1. The van der Waals surface area contributed by atoms with Crippen molar-refractivity contribution in [3.8, 4) is 5.75 Å². The van der Waals surface area contributed by atoms with E-state index >= 15 is 0 Å². The maximum atomic E-state index is 12.0. The summed E-state index contributed by atoms with van der Waals surface area (Å²) in [5.74, 6) is -1.19. The maximum absolute atomic E-state index is 12.0. The van der Waals surface area contributed by atoms with E-state index in [1.54, 1.807) is 6.07 Å². The first-order valence-corrected chi connectivity index (χ1v) is 8.87. The van der Waals surface area contributed by atoms with E-state index in [4.69, 9.17) is 40.2 Å². The van der Waals surface area contributed by atoms with Crippen molar-refractivity contribution in [1.29, 1.82) is 0 Å². The Kier molecular flexibility index (Phi) is 7.01. The second-order valence-corrected chi connectivity index (χ2v) is 6.90. The lowest BCUT2D eigenvalue weighted by Gasteiger charge is -2.14. The molecule has 0 heterocycles. The summed E-state index contributed by atoms with van der Waals surface area (Å²) in [5.41, 5.74) is 2.03. The Morgan fingerprint density at radius 1 is 1.15 bits per heavy atom. The van der Waals surface area contributed by atoms with Gasteiger partial charge in [-0.2, -0.15) is 0 Å². The lowest BCUT2D eigenvalue weighted by Crippen LogP contribution is -2.37. The van der Waals surface area contributed by atoms with Gasteiger partial charge in [0.05, 0.1) is 16.3 Å². The number of carbonyl (C=O) groups is 2. The van der Waals surface area contributed by atoms with Crippen LogP contribution in [0.2, 0.25) is 10.0 Å². The van der Waals surface area contributed by atoms with E-state index in [0.717, 1.165) is 11.1 Å². The fourth-order valence-corrected chi connectivity index (χ4v) is 2.89. The van der Waals surface area contributed by atoms with E-state index < -0.39 is 11.9 Å². The average Bonchev–Trinajstić information content (AvgIpc) is 2.58. The van der Waals surface area contributed by atoms with Gasteiger partial charge in [-0.3, -0.25) is 10.1 Å². The molecule has 0 atom stereocenters. The molecular formula is C18H16Cl2N2O4S. The molecule has 2 rings (SSSR count). The first kappa shape index (κ1) is 21.0. The molecule has 27 heavy (non-hydrogen) atoms. The molecule has 2 aromatic rings. The molecule has 0 saturated carbocycles. The number of benzene rings is 2. The summed E-state index contributed by atoms with van der Waals surface area (Å²) in [6, 6.07) is 8.08. The number of halogens is 2. The number of anilines is 1. The molecule has 0 fully saturated rings. The Morgan fingerprint density at radius 3 is 2.48 bits per heavy atom. The molecule has 0 radical (unpaired) electrons. The van der Waals surface area contributed by atoms with Crippen LogP contribution < -0.4 is 15.4 Å². The lowest BCUT2D eigenvalue weighted by molar-refractivity contribution is -0.121. The molecule has 0 bridgehead atoms. The van der Waals surface area contributed by atoms with Crippen molar-refractivity contribution in [3.63, 3.8) is 0 Å². The molecule has 0 aliphatic heterocycles. The Morgan fingerprint density at radius 2 is 1.85 bits per heavy atom. The number of aryl methyl sites for hydroxylation is 2. The zero-order chi connectivity index (χ0) is 20.1. The van der Waals surface area contributed by atoms with Crippen molar-refractivity contribution in [2.24, 2.45) is 0 Å². The quantitative estimate of drug-likeness (QED) is 0.620. The smallest absolute Gasteiger partial charge is 0.337 e. The minimum atomic E-state index is -1.24. The summed E-state index contributed by atoms with van der Waals surface area (Å²) in [4.78, 5) is 23.3. The molecule has 0 aliphatic carbocycles.